The molecule has 0 aliphatic heterocycles. The van der Waals surface area contributed by atoms with E-state index in [0.717, 1.165) is 32.9 Å². The van der Waals surface area contributed by atoms with Gasteiger partial charge in [-0.1, -0.05) is 48.5 Å². The fraction of sp³-hybridized carbons (Fsp3) is 0.0909. The number of carbonyl (C=O) groups is 1. The minimum absolute atomic E-state index is 0.0684. The smallest absolute Gasteiger partial charge is 0.247 e. The molecule has 7 heteroatoms. The van der Waals surface area contributed by atoms with Gasteiger partial charge in [0.15, 0.2) is 0 Å². The van der Waals surface area contributed by atoms with E-state index in [1.165, 1.54) is 0 Å². The van der Waals surface area contributed by atoms with Crippen molar-refractivity contribution in [1.29, 1.82) is 0 Å². The van der Waals surface area contributed by atoms with E-state index in [2.05, 4.69) is 36.6 Å². The van der Waals surface area contributed by atoms with Crippen LogP contribution in [-0.2, 0) is 4.79 Å². The molecule has 0 saturated carbocycles. The number of nitrogens with one attached hydrogen (secondary N) is 2. The van der Waals surface area contributed by atoms with Gasteiger partial charge in [0, 0.05) is 23.4 Å². The van der Waals surface area contributed by atoms with Gasteiger partial charge in [0.1, 0.15) is 6.04 Å². The summed E-state index contributed by atoms with van der Waals surface area (Å²) in [7, 11) is 1.67. The summed E-state index contributed by atoms with van der Waals surface area (Å²) in [6.45, 7) is 0. The molecular weight excluding hydrogens is 364 g/mol. The molecule has 3 aromatic carbocycles. The van der Waals surface area contributed by atoms with Crippen LogP contribution in [0, 0.1) is 0 Å². The van der Waals surface area contributed by atoms with Gasteiger partial charge in [0.05, 0.1) is 11.0 Å². The van der Waals surface area contributed by atoms with Crippen molar-refractivity contribution in [2.45, 2.75) is 6.04 Å². The molecule has 2 N–H and O–H groups in total. The number of para-hydroxylation sites is 1. The Hall–Kier alpha value is -4.00. The number of likely N-dealkylation sites (N-methyl/N-ethyl adjacent to an activating group) is 1. The fourth-order valence-electron chi connectivity index (χ4n) is 3.89. The normalized spacial score (nSPS) is 12.3. The number of benzene rings is 3. The van der Waals surface area contributed by atoms with Gasteiger partial charge in [-0.15, -0.1) is 10.2 Å². The molecule has 0 saturated heterocycles. The standard InChI is InChI=1S/C22H18N6O/c1-23-22(29)20(14-7-3-2-4-8-14)28-18-10-6-5-9-16(18)17-13-15(11-12-19(17)28)21-24-26-27-25-21/h2-13,20H,1H3,(H,23,29)(H,24,25,26,27). The van der Waals surface area contributed by atoms with Crippen LogP contribution < -0.4 is 5.32 Å². The third kappa shape index (κ3) is 2.75. The van der Waals surface area contributed by atoms with Crippen molar-refractivity contribution >= 4 is 27.7 Å². The van der Waals surface area contributed by atoms with E-state index in [1.807, 2.05) is 66.7 Å². The van der Waals surface area contributed by atoms with E-state index in [0.29, 0.717) is 5.82 Å². The molecule has 0 aliphatic rings. The second kappa shape index (κ2) is 6.87. The molecule has 1 atom stereocenters. The van der Waals surface area contributed by atoms with Crippen LogP contribution in [0.15, 0.2) is 72.8 Å². The number of rotatable bonds is 4. The van der Waals surface area contributed by atoms with Crippen molar-refractivity contribution in [2.24, 2.45) is 0 Å². The van der Waals surface area contributed by atoms with Gasteiger partial charge < -0.3 is 9.88 Å². The number of tetrazole rings is 1. The van der Waals surface area contributed by atoms with Gasteiger partial charge in [-0.05, 0) is 35.0 Å². The first-order chi connectivity index (χ1) is 14.3. The number of amides is 1. The predicted molar refractivity (Wildman–Crippen MR) is 111 cm³/mol. The molecule has 29 heavy (non-hydrogen) atoms. The largest absolute Gasteiger partial charge is 0.357 e. The number of aromatic amines is 1. The highest BCUT2D eigenvalue weighted by molar-refractivity contribution is 6.10. The second-order valence-electron chi connectivity index (χ2n) is 6.78. The Balaban J connectivity index is 1.83. The van der Waals surface area contributed by atoms with Crippen molar-refractivity contribution in [3.05, 3.63) is 78.4 Å². The molecule has 1 unspecified atom stereocenters. The highest BCUT2D eigenvalue weighted by Crippen LogP contribution is 2.36. The third-order valence-electron chi connectivity index (χ3n) is 5.18. The lowest BCUT2D eigenvalue weighted by atomic mass is 10.1. The topological polar surface area (TPSA) is 88.5 Å². The van der Waals surface area contributed by atoms with Gasteiger partial charge in [-0.2, -0.15) is 5.21 Å². The summed E-state index contributed by atoms with van der Waals surface area (Å²) in [5.41, 5.74) is 3.75. The summed E-state index contributed by atoms with van der Waals surface area (Å²) in [4.78, 5) is 13.0. The summed E-state index contributed by atoms with van der Waals surface area (Å²) >= 11 is 0. The summed E-state index contributed by atoms with van der Waals surface area (Å²) in [6.07, 6.45) is 0. The van der Waals surface area contributed by atoms with Crippen LogP contribution in [-0.4, -0.2) is 38.1 Å². The van der Waals surface area contributed by atoms with Gasteiger partial charge in [0.2, 0.25) is 11.7 Å². The molecule has 0 spiro atoms. The third-order valence-corrected chi connectivity index (χ3v) is 5.18. The Morgan fingerprint density at radius 3 is 2.48 bits per heavy atom. The average molecular weight is 382 g/mol. The highest BCUT2D eigenvalue weighted by atomic mass is 16.2. The van der Waals surface area contributed by atoms with Crippen molar-refractivity contribution in [3.8, 4) is 11.4 Å². The van der Waals surface area contributed by atoms with E-state index in [1.54, 1.807) is 7.05 Å². The van der Waals surface area contributed by atoms with Crippen LogP contribution in [0.1, 0.15) is 11.6 Å². The maximum Gasteiger partial charge on any atom is 0.247 e. The van der Waals surface area contributed by atoms with Gasteiger partial charge in [0.25, 0.3) is 0 Å². The molecule has 0 radical (unpaired) electrons. The van der Waals surface area contributed by atoms with E-state index >= 15 is 0 Å². The molecule has 5 rings (SSSR count). The zero-order valence-corrected chi connectivity index (χ0v) is 15.7. The predicted octanol–water partition coefficient (Wildman–Crippen LogP) is 3.31. The number of hydrogen-bond donors (Lipinski definition) is 2. The number of hydrogen-bond acceptors (Lipinski definition) is 4. The van der Waals surface area contributed by atoms with E-state index in [-0.39, 0.29) is 5.91 Å². The van der Waals surface area contributed by atoms with Gasteiger partial charge >= 0.3 is 0 Å². The molecular formula is C22H18N6O. The first kappa shape index (κ1) is 17.1. The molecule has 5 aromatic rings. The highest BCUT2D eigenvalue weighted by Gasteiger charge is 2.25. The lowest BCUT2D eigenvalue weighted by Crippen LogP contribution is -2.30. The Morgan fingerprint density at radius 1 is 0.966 bits per heavy atom. The van der Waals surface area contributed by atoms with E-state index in [4.69, 9.17) is 0 Å². The molecule has 7 nitrogen and oxygen atoms in total. The van der Waals surface area contributed by atoms with Crippen LogP contribution in [0.5, 0.6) is 0 Å². The first-order valence-electron chi connectivity index (χ1n) is 9.31. The van der Waals surface area contributed by atoms with Crippen LogP contribution in [0.25, 0.3) is 33.2 Å². The van der Waals surface area contributed by atoms with Crippen LogP contribution >= 0.6 is 0 Å². The summed E-state index contributed by atoms with van der Waals surface area (Å²) in [5.74, 6) is 0.468. The Kier molecular flexibility index (Phi) is 4.05. The zero-order chi connectivity index (χ0) is 19.8. The first-order valence-corrected chi connectivity index (χ1v) is 9.31. The monoisotopic (exact) mass is 382 g/mol. The fourth-order valence-corrected chi connectivity index (χ4v) is 3.89. The van der Waals surface area contributed by atoms with Crippen molar-refractivity contribution in [1.82, 2.24) is 30.5 Å². The zero-order valence-electron chi connectivity index (χ0n) is 15.7. The number of H-pyrrole nitrogens is 1. The maximum atomic E-state index is 13.0. The maximum absolute atomic E-state index is 13.0. The molecule has 2 aromatic heterocycles. The van der Waals surface area contributed by atoms with E-state index < -0.39 is 6.04 Å². The summed E-state index contributed by atoms with van der Waals surface area (Å²) in [5, 5.41) is 19.2. The summed E-state index contributed by atoms with van der Waals surface area (Å²) in [6, 6.07) is 23.5. The lowest BCUT2D eigenvalue weighted by Gasteiger charge is -2.20. The van der Waals surface area contributed by atoms with Crippen LogP contribution in [0.4, 0.5) is 0 Å². The minimum Gasteiger partial charge on any atom is -0.357 e. The Labute approximate surface area is 166 Å². The molecule has 0 fully saturated rings. The minimum atomic E-state index is -0.486. The van der Waals surface area contributed by atoms with Crippen LogP contribution in [0.2, 0.25) is 0 Å². The second-order valence-corrected chi connectivity index (χ2v) is 6.78. The molecule has 0 aliphatic carbocycles. The van der Waals surface area contributed by atoms with Crippen molar-refractivity contribution in [2.75, 3.05) is 7.05 Å². The quantitative estimate of drug-likeness (QED) is 0.499. The molecule has 2 heterocycles. The van der Waals surface area contributed by atoms with Crippen molar-refractivity contribution in [3.63, 3.8) is 0 Å². The summed E-state index contributed by atoms with van der Waals surface area (Å²) < 4.78 is 2.10. The Morgan fingerprint density at radius 2 is 1.72 bits per heavy atom. The van der Waals surface area contributed by atoms with E-state index in [9.17, 15) is 4.79 Å². The van der Waals surface area contributed by atoms with Crippen molar-refractivity contribution < 1.29 is 4.79 Å². The SMILES string of the molecule is CNC(=O)C(c1ccccc1)n1c2ccccc2c2cc(-c3nn[nH]n3)ccc21. The molecule has 142 valence electrons. The lowest BCUT2D eigenvalue weighted by molar-refractivity contribution is -0.122. The van der Waals surface area contributed by atoms with Gasteiger partial charge in [-0.3, -0.25) is 4.79 Å². The average Bonchev–Trinajstić information content (AvgIpc) is 3.42. The van der Waals surface area contributed by atoms with Crippen LogP contribution in [0.3, 0.4) is 0 Å². The Bertz CT molecular complexity index is 1310. The molecule has 1 amide bonds. The number of carbonyl (C=O) groups excluding carboxylic acids is 1. The molecule has 0 bridgehead atoms. The van der Waals surface area contributed by atoms with Gasteiger partial charge in [-0.25, -0.2) is 0 Å². The number of nitrogens with zero attached hydrogens (tertiary/aromatic N) is 4. The number of fused-ring (bicyclic) bond motifs is 3. The number of aromatic nitrogens is 5.